The van der Waals surface area contributed by atoms with Crippen LogP contribution in [0, 0.1) is 0 Å². The van der Waals surface area contributed by atoms with Gasteiger partial charge in [0.15, 0.2) is 0 Å². The molecule has 1 aromatic carbocycles. The lowest BCUT2D eigenvalue weighted by Gasteiger charge is -2.39. The van der Waals surface area contributed by atoms with Gasteiger partial charge in [-0.3, -0.25) is 4.90 Å². The Bertz CT molecular complexity index is 468. The Morgan fingerprint density at radius 3 is 2.59 bits per heavy atom. The Balaban J connectivity index is 1.94. The maximum Gasteiger partial charge on any atom is 0.142 e. The molecular formula is C18H30N2O2. The smallest absolute Gasteiger partial charge is 0.142 e. The van der Waals surface area contributed by atoms with Crippen LogP contribution in [0.25, 0.3) is 0 Å². The third-order valence-electron chi connectivity index (χ3n) is 4.76. The summed E-state index contributed by atoms with van der Waals surface area (Å²) < 4.78 is 5.44. The molecule has 4 heteroatoms. The van der Waals surface area contributed by atoms with E-state index in [2.05, 4.69) is 18.7 Å². The molecular weight excluding hydrogens is 276 g/mol. The van der Waals surface area contributed by atoms with Crippen molar-refractivity contribution in [3.05, 3.63) is 23.8 Å². The number of nitrogens with two attached hydrogens (primary N) is 1. The summed E-state index contributed by atoms with van der Waals surface area (Å²) in [5.74, 6) is 0.691. The van der Waals surface area contributed by atoms with E-state index in [-0.39, 0.29) is 0 Å². The summed E-state index contributed by atoms with van der Waals surface area (Å²) in [4.78, 5) is 2.52. The van der Waals surface area contributed by atoms with Gasteiger partial charge in [-0.15, -0.1) is 0 Å². The zero-order valence-electron chi connectivity index (χ0n) is 14.1. The van der Waals surface area contributed by atoms with Crippen LogP contribution in [0.2, 0.25) is 0 Å². The number of benzene rings is 1. The van der Waals surface area contributed by atoms with Crippen LogP contribution in [0.15, 0.2) is 18.2 Å². The van der Waals surface area contributed by atoms with Crippen molar-refractivity contribution in [1.82, 2.24) is 4.90 Å². The van der Waals surface area contributed by atoms with Gasteiger partial charge in [-0.05, 0) is 57.7 Å². The number of anilines is 1. The summed E-state index contributed by atoms with van der Waals surface area (Å²) in [5, 5.41) is 10.4. The van der Waals surface area contributed by atoms with Crippen LogP contribution in [-0.4, -0.2) is 35.2 Å². The Kier molecular flexibility index (Phi) is 6.09. The lowest BCUT2D eigenvalue weighted by molar-refractivity contribution is 0.0748. The molecule has 3 atom stereocenters. The van der Waals surface area contributed by atoms with Gasteiger partial charge in [0.2, 0.25) is 0 Å². The van der Waals surface area contributed by atoms with E-state index in [9.17, 15) is 5.11 Å². The van der Waals surface area contributed by atoms with Crippen LogP contribution in [0.4, 0.5) is 5.69 Å². The predicted molar refractivity (Wildman–Crippen MR) is 91.1 cm³/mol. The molecule has 3 unspecified atom stereocenters. The second-order valence-electron chi connectivity index (χ2n) is 6.40. The Hall–Kier alpha value is -1.26. The molecule has 1 aromatic rings. The van der Waals surface area contributed by atoms with Crippen molar-refractivity contribution in [2.45, 2.75) is 64.6 Å². The summed E-state index contributed by atoms with van der Waals surface area (Å²) in [6.07, 6.45) is 4.10. The molecule has 0 radical (unpaired) electrons. The van der Waals surface area contributed by atoms with Crippen LogP contribution in [-0.2, 0) is 0 Å². The molecule has 1 heterocycles. The highest BCUT2D eigenvalue weighted by Gasteiger charge is 2.25. The quantitative estimate of drug-likeness (QED) is 0.791. The molecule has 22 heavy (non-hydrogen) atoms. The van der Waals surface area contributed by atoms with Crippen molar-refractivity contribution >= 4 is 5.69 Å². The summed E-state index contributed by atoms with van der Waals surface area (Å²) in [6, 6.07) is 6.82. The number of rotatable bonds is 6. The van der Waals surface area contributed by atoms with Gasteiger partial charge in [0, 0.05) is 18.6 Å². The van der Waals surface area contributed by atoms with Gasteiger partial charge in [0.25, 0.3) is 0 Å². The average Bonchev–Trinajstić information content (AvgIpc) is 2.48. The van der Waals surface area contributed by atoms with E-state index in [4.69, 9.17) is 10.5 Å². The molecule has 1 aliphatic rings. The van der Waals surface area contributed by atoms with Crippen LogP contribution in [0.1, 0.15) is 58.1 Å². The highest BCUT2D eigenvalue weighted by atomic mass is 16.5. The van der Waals surface area contributed by atoms with Crippen LogP contribution < -0.4 is 10.5 Å². The molecule has 0 aliphatic carbocycles. The lowest BCUT2D eigenvalue weighted by Crippen LogP contribution is -2.44. The molecule has 0 aromatic heterocycles. The van der Waals surface area contributed by atoms with E-state index in [0.717, 1.165) is 18.5 Å². The molecule has 0 bridgehead atoms. The molecule has 1 saturated heterocycles. The summed E-state index contributed by atoms with van der Waals surface area (Å²) in [5.41, 5.74) is 7.45. The number of nitrogen functional groups attached to an aromatic ring is 1. The van der Waals surface area contributed by atoms with Gasteiger partial charge in [-0.1, -0.05) is 12.5 Å². The molecule has 124 valence electrons. The van der Waals surface area contributed by atoms with Gasteiger partial charge < -0.3 is 15.6 Å². The van der Waals surface area contributed by atoms with Crippen molar-refractivity contribution in [2.24, 2.45) is 0 Å². The number of likely N-dealkylation sites (tertiary alicyclic amines) is 1. The fraction of sp³-hybridized carbons (Fsp3) is 0.667. The van der Waals surface area contributed by atoms with E-state index in [0.29, 0.717) is 30.1 Å². The van der Waals surface area contributed by atoms with E-state index in [1.54, 1.807) is 0 Å². The van der Waals surface area contributed by atoms with Gasteiger partial charge in [0.05, 0.1) is 18.4 Å². The molecule has 0 amide bonds. The summed E-state index contributed by atoms with van der Waals surface area (Å²) in [6.45, 7) is 8.03. The van der Waals surface area contributed by atoms with Crippen molar-refractivity contribution in [1.29, 1.82) is 0 Å². The van der Waals surface area contributed by atoms with E-state index in [1.165, 1.54) is 19.3 Å². The predicted octanol–water partition coefficient (Wildman–Crippen LogP) is 3.35. The number of aliphatic hydroxyl groups is 1. The second kappa shape index (κ2) is 7.84. The average molecular weight is 306 g/mol. The highest BCUT2D eigenvalue weighted by molar-refractivity contribution is 5.54. The molecule has 4 nitrogen and oxygen atoms in total. The third kappa shape index (κ3) is 4.14. The maximum atomic E-state index is 10.4. The molecule has 0 spiro atoms. The Labute approximate surface area is 134 Å². The van der Waals surface area contributed by atoms with E-state index >= 15 is 0 Å². The standard InChI is InChI=1S/C18H30N2O2/c1-4-22-18-9-8-15(12-16(18)19)17(21)10-11-20-13(2)6-5-7-14(20)3/h8-9,12-14,17,21H,4-7,10-11,19H2,1-3H3. The number of hydrogen-bond acceptors (Lipinski definition) is 4. The minimum atomic E-state index is -0.473. The van der Waals surface area contributed by atoms with Crippen molar-refractivity contribution in [2.75, 3.05) is 18.9 Å². The second-order valence-corrected chi connectivity index (χ2v) is 6.40. The number of nitrogens with zero attached hydrogens (tertiary/aromatic N) is 1. The Morgan fingerprint density at radius 2 is 2.00 bits per heavy atom. The van der Waals surface area contributed by atoms with Gasteiger partial charge in [0.1, 0.15) is 5.75 Å². The summed E-state index contributed by atoms with van der Waals surface area (Å²) in [7, 11) is 0. The van der Waals surface area contributed by atoms with Gasteiger partial charge >= 0.3 is 0 Å². The first-order valence-corrected chi connectivity index (χ1v) is 8.49. The van der Waals surface area contributed by atoms with Crippen molar-refractivity contribution in [3.63, 3.8) is 0 Å². The maximum absolute atomic E-state index is 10.4. The summed E-state index contributed by atoms with van der Waals surface area (Å²) >= 11 is 0. The Morgan fingerprint density at radius 1 is 1.32 bits per heavy atom. The first-order valence-electron chi connectivity index (χ1n) is 8.49. The monoisotopic (exact) mass is 306 g/mol. The van der Waals surface area contributed by atoms with Crippen LogP contribution in [0.5, 0.6) is 5.75 Å². The molecule has 0 saturated carbocycles. The molecule has 1 aliphatic heterocycles. The highest BCUT2D eigenvalue weighted by Crippen LogP contribution is 2.28. The minimum Gasteiger partial charge on any atom is -0.492 e. The van der Waals surface area contributed by atoms with Crippen LogP contribution in [0.3, 0.4) is 0 Å². The topological polar surface area (TPSA) is 58.7 Å². The first-order chi connectivity index (χ1) is 10.5. The fourth-order valence-corrected chi connectivity index (χ4v) is 3.41. The largest absolute Gasteiger partial charge is 0.492 e. The van der Waals surface area contributed by atoms with Gasteiger partial charge in [-0.25, -0.2) is 0 Å². The third-order valence-corrected chi connectivity index (χ3v) is 4.76. The number of ether oxygens (including phenoxy) is 1. The SMILES string of the molecule is CCOc1ccc(C(O)CCN2C(C)CCCC2C)cc1N. The van der Waals surface area contributed by atoms with E-state index < -0.39 is 6.10 Å². The van der Waals surface area contributed by atoms with Crippen molar-refractivity contribution < 1.29 is 9.84 Å². The number of piperidine rings is 1. The van der Waals surface area contributed by atoms with Crippen LogP contribution >= 0.6 is 0 Å². The molecule has 3 N–H and O–H groups in total. The normalized spacial score (nSPS) is 24.2. The zero-order valence-corrected chi connectivity index (χ0v) is 14.1. The first kappa shape index (κ1) is 17.1. The zero-order chi connectivity index (χ0) is 16.1. The lowest BCUT2D eigenvalue weighted by atomic mass is 9.96. The molecule has 1 fully saturated rings. The number of hydrogen-bond donors (Lipinski definition) is 2. The number of aliphatic hydroxyl groups excluding tert-OH is 1. The van der Waals surface area contributed by atoms with Crippen molar-refractivity contribution in [3.8, 4) is 5.75 Å². The minimum absolute atomic E-state index is 0.473. The van der Waals surface area contributed by atoms with Gasteiger partial charge in [-0.2, -0.15) is 0 Å². The van der Waals surface area contributed by atoms with E-state index in [1.807, 2.05) is 25.1 Å². The fourth-order valence-electron chi connectivity index (χ4n) is 3.41. The molecule has 2 rings (SSSR count).